The van der Waals surface area contributed by atoms with Crippen molar-refractivity contribution < 1.29 is 18.3 Å². The van der Waals surface area contributed by atoms with Crippen molar-refractivity contribution in [3.05, 3.63) is 22.7 Å². The van der Waals surface area contributed by atoms with Gasteiger partial charge in [-0.15, -0.1) is 0 Å². The molecule has 1 unspecified atom stereocenters. The van der Waals surface area contributed by atoms with E-state index >= 15 is 0 Å². The molecule has 2 atom stereocenters. The molecule has 2 heterocycles. The highest BCUT2D eigenvalue weighted by molar-refractivity contribution is 5.23. The van der Waals surface area contributed by atoms with Crippen LogP contribution < -0.4 is 11.4 Å². The standard InChI is InChI=1S/C10H13F2N3O3/c1-17-5-6-4-10(11,12)8(18-6)15-3-2-7(13)14-9(15)16/h2-3,6,8H,4-5H2,1H3,(H2,13,14,16)/t6-,8?/m0/s1. The number of hydrogen-bond acceptors (Lipinski definition) is 5. The van der Waals surface area contributed by atoms with Gasteiger partial charge in [0.15, 0.2) is 0 Å². The van der Waals surface area contributed by atoms with Gasteiger partial charge in [-0.2, -0.15) is 4.98 Å². The lowest BCUT2D eigenvalue weighted by Crippen LogP contribution is -2.35. The van der Waals surface area contributed by atoms with E-state index in [9.17, 15) is 13.6 Å². The first-order valence-corrected chi connectivity index (χ1v) is 5.31. The molecule has 0 radical (unpaired) electrons. The molecule has 2 N–H and O–H groups in total. The second-order valence-corrected chi connectivity index (χ2v) is 4.07. The molecule has 8 heteroatoms. The first-order valence-electron chi connectivity index (χ1n) is 5.31. The fraction of sp³-hybridized carbons (Fsp3) is 0.600. The van der Waals surface area contributed by atoms with Gasteiger partial charge in [0.2, 0.25) is 6.23 Å². The molecule has 2 rings (SSSR count). The summed E-state index contributed by atoms with van der Waals surface area (Å²) in [6.07, 6.45) is -1.77. The zero-order valence-electron chi connectivity index (χ0n) is 9.68. The molecule has 1 aliphatic heterocycles. The Bertz CT molecular complexity index is 492. The molecular formula is C10H13F2N3O3. The van der Waals surface area contributed by atoms with E-state index in [-0.39, 0.29) is 12.4 Å². The molecule has 1 aliphatic rings. The van der Waals surface area contributed by atoms with Crippen LogP contribution in [-0.2, 0) is 9.47 Å². The smallest absolute Gasteiger partial charge is 0.351 e. The predicted octanol–water partition coefficient (Wildman–Crippen LogP) is 0.395. The van der Waals surface area contributed by atoms with Crippen LogP contribution in [0.5, 0.6) is 0 Å². The van der Waals surface area contributed by atoms with Crippen molar-refractivity contribution in [1.82, 2.24) is 9.55 Å². The van der Waals surface area contributed by atoms with E-state index in [0.29, 0.717) is 0 Å². The minimum Gasteiger partial charge on any atom is -0.383 e. The Labute approximate surface area is 101 Å². The molecule has 0 amide bonds. The van der Waals surface area contributed by atoms with E-state index in [1.807, 2.05) is 0 Å². The lowest BCUT2D eigenvalue weighted by Gasteiger charge is -2.19. The Balaban J connectivity index is 2.29. The van der Waals surface area contributed by atoms with Gasteiger partial charge < -0.3 is 15.2 Å². The summed E-state index contributed by atoms with van der Waals surface area (Å²) in [5.74, 6) is -3.17. The van der Waals surface area contributed by atoms with Crippen molar-refractivity contribution in [2.24, 2.45) is 0 Å². The van der Waals surface area contributed by atoms with Crippen LogP contribution in [-0.4, -0.2) is 35.3 Å². The Kier molecular flexibility index (Phi) is 3.31. The fourth-order valence-electron chi connectivity index (χ4n) is 1.89. The molecule has 18 heavy (non-hydrogen) atoms. The van der Waals surface area contributed by atoms with E-state index in [4.69, 9.17) is 15.2 Å². The molecule has 100 valence electrons. The second kappa shape index (κ2) is 4.62. The van der Waals surface area contributed by atoms with Gasteiger partial charge in [-0.3, -0.25) is 4.57 Å². The first kappa shape index (κ1) is 12.9. The highest BCUT2D eigenvalue weighted by Crippen LogP contribution is 2.41. The molecular weight excluding hydrogens is 248 g/mol. The zero-order chi connectivity index (χ0) is 13.3. The van der Waals surface area contributed by atoms with Crippen LogP contribution in [0, 0.1) is 0 Å². The number of ether oxygens (including phenoxy) is 2. The van der Waals surface area contributed by atoms with E-state index in [1.165, 1.54) is 13.2 Å². The number of nitrogen functional groups attached to an aromatic ring is 1. The number of nitrogens with two attached hydrogens (primary N) is 1. The Hall–Kier alpha value is -1.54. The van der Waals surface area contributed by atoms with Crippen LogP contribution in [0.2, 0.25) is 0 Å². The quantitative estimate of drug-likeness (QED) is 0.851. The number of rotatable bonds is 3. The van der Waals surface area contributed by atoms with Gasteiger partial charge >= 0.3 is 5.69 Å². The molecule has 1 aromatic heterocycles. The van der Waals surface area contributed by atoms with Gasteiger partial charge in [0, 0.05) is 19.7 Å². The van der Waals surface area contributed by atoms with Crippen LogP contribution in [0.1, 0.15) is 12.6 Å². The number of alkyl halides is 2. The monoisotopic (exact) mass is 261 g/mol. The summed E-state index contributed by atoms with van der Waals surface area (Å²) in [5.41, 5.74) is 4.43. The summed E-state index contributed by atoms with van der Waals surface area (Å²) in [6.45, 7) is 0.0449. The number of nitrogens with zero attached hydrogens (tertiary/aromatic N) is 2. The summed E-state index contributed by atoms with van der Waals surface area (Å²) in [5, 5.41) is 0. The topological polar surface area (TPSA) is 79.4 Å². The lowest BCUT2D eigenvalue weighted by molar-refractivity contribution is -0.121. The first-order chi connectivity index (χ1) is 8.44. The number of anilines is 1. The molecule has 0 spiro atoms. The third kappa shape index (κ3) is 2.34. The van der Waals surface area contributed by atoms with E-state index < -0.39 is 30.4 Å². The van der Waals surface area contributed by atoms with E-state index in [1.54, 1.807) is 0 Å². The Morgan fingerprint density at radius 2 is 2.44 bits per heavy atom. The van der Waals surface area contributed by atoms with Crippen LogP contribution in [0.25, 0.3) is 0 Å². The maximum atomic E-state index is 13.7. The highest BCUT2D eigenvalue weighted by Gasteiger charge is 2.51. The SMILES string of the molecule is COC[C@@H]1CC(F)(F)C(n2ccc(N)nc2=O)O1. The fourth-order valence-corrected chi connectivity index (χ4v) is 1.89. The molecule has 0 aliphatic carbocycles. The molecule has 0 aromatic carbocycles. The summed E-state index contributed by atoms with van der Waals surface area (Å²) in [4.78, 5) is 14.9. The van der Waals surface area contributed by atoms with Crippen LogP contribution in [0.15, 0.2) is 17.1 Å². The summed E-state index contributed by atoms with van der Waals surface area (Å²) >= 11 is 0. The maximum absolute atomic E-state index is 13.7. The average molecular weight is 261 g/mol. The minimum atomic E-state index is -3.15. The van der Waals surface area contributed by atoms with Crippen molar-refractivity contribution in [2.75, 3.05) is 19.5 Å². The maximum Gasteiger partial charge on any atom is 0.351 e. The average Bonchev–Trinajstić information content (AvgIpc) is 2.54. The normalized spacial score (nSPS) is 26.4. The van der Waals surface area contributed by atoms with Gasteiger partial charge in [0.05, 0.1) is 12.7 Å². The number of halogens is 2. The molecule has 6 nitrogen and oxygen atoms in total. The van der Waals surface area contributed by atoms with Gasteiger partial charge in [0.25, 0.3) is 5.92 Å². The number of aromatic nitrogens is 2. The predicted molar refractivity (Wildman–Crippen MR) is 58.3 cm³/mol. The van der Waals surface area contributed by atoms with Crippen molar-refractivity contribution in [3.8, 4) is 0 Å². The van der Waals surface area contributed by atoms with Crippen LogP contribution in [0.3, 0.4) is 0 Å². The van der Waals surface area contributed by atoms with E-state index in [2.05, 4.69) is 4.98 Å². The molecule has 0 saturated carbocycles. The lowest BCUT2D eigenvalue weighted by atomic mass is 10.2. The van der Waals surface area contributed by atoms with Crippen molar-refractivity contribution in [1.29, 1.82) is 0 Å². The number of hydrogen-bond donors (Lipinski definition) is 1. The second-order valence-electron chi connectivity index (χ2n) is 4.07. The Morgan fingerprint density at radius 3 is 3.06 bits per heavy atom. The van der Waals surface area contributed by atoms with Crippen LogP contribution >= 0.6 is 0 Å². The largest absolute Gasteiger partial charge is 0.383 e. The zero-order valence-corrected chi connectivity index (χ0v) is 9.68. The third-order valence-corrected chi connectivity index (χ3v) is 2.64. The van der Waals surface area contributed by atoms with Crippen molar-refractivity contribution >= 4 is 5.82 Å². The van der Waals surface area contributed by atoms with Crippen molar-refractivity contribution in [3.63, 3.8) is 0 Å². The Morgan fingerprint density at radius 1 is 1.72 bits per heavy atom. The molecule has 1 aromatic rings. The highest BCUT2D eigenvalue weighted by atomic mass is 19.3. The van der Waals surface area contributed by atoms with E-state index in [0.717, 1.165) is 10.8 Å². The van der Waals surface area contributed by atoms with Crippen molar-refractivity contribution in [2.45, 2.75) is 24.7 Å². The third-order valence-electron chi connectivity index (χ3n) is 2.64. The van der Waals surface area contributed by atoms with Gasteiger partial charge in [-0.1, -0.05) is 0 Å². The van der Waals surface area contributed by atoms with Crippen LogP contribution in [0.4, 0.5) is 14.6 Å². The van der Waals surface area contributed by atoms with Gasteiger partial charge in [0.1, 0.15) is 5.82 Å². The molecule has 1 saturated heterocycles. The van der Waals surface area contributed by atoms with Gasteiger partial charge in [-0.25, -0.2) is 13.6 Å². The molecule has 1 fully saturated rings. The van der Waals surface area contributed by atoms with Gasteiger partial charge in [-0.05, 0) is 6.07 Å². The summed E-state index contributed by atoms with van der Waals surface area (Å²) in [6, 6.07) is 1.27. The minimum absolute atomic E-state index is 0.0222. The number of methoxy groups -OCH3 is 1. The summed E-state index contributed by atoms with van der Waals surface area (Å²) < 4.78 is 38.1. The molecule has 0 bridgehead atoms. The summed E-state index contributed by atoms with van der Waals surface area (Å²) in [7, 11) is 1.39.